The molecule has 2 aliphatic heterocycles. The molecular formula is C30H35F2N3O2. The van der Waals surface area contributed by atoms with Gasteiger partial charge in [-0.05, 0) is 29.3 Å². The molecule has 0 saturated carbocycles. The van der Waals surface area contributed by atoms with Crippen LogP contribution in [-0.2, 0) is 10.4 Å². The van der Waals surface area contributed by atoms with Crippen molar-refractivity contribution in [2.75, 3.05) is 31.1 Å². The maximum atomic E-state index is 14.9. The zero-order chi connectivity index (χ0) is 25.4. The van der Waals surface area contributed by atoms with Crippen LogP contribution in [0, 0.1) is 29.4 Å². The minimum Gasteiger partial charge on any atom is -0.384 e. The van der Waals surface area contributed by atoms with Gasteiger partial charge in [0, 0.05) is 56.2 Å². The van der Waals surface area contributed by atoms with Crippen molar-refractivity contribution in [2.45, 2.75) is 32.8 Å². The monoisotopic (exact) mass is 507 g/mol. The van der Waals surface area contributed by atoms with Crippen molar-refractivity contribution in [3.8, 4) is 0 Å². The molecule has 1 N–H and O–H groups in total. The molecule has 2 aliphatic rings. The average Bonchev–Trinajstić information content (AvgIpc) is 3.32. The summed E-state index contributed by atoms with van der Waals surface area (Å²) in [6.07, 6.45) is 1.69. The van der Waals surface area contributed by atoms with Gasteiger partial charge in [-0.3, -0.25) is 4.79 Å². The SMILES string of the molecule is C.C[C@@H]1CN(C(=O)[C@@H]2CN(c3ccccn3)C[C@H]2c2ccc(F)cc2F)C[C@H](C)C1(O)c1ccccc1. The topological polar surface area (TPSA) is 56.7 Å². The second-order valence-corrected chi connectivity index (χ2v) is 10.2. The number of aromatic nitrogens is 1. The Balaban J connectivity index is 0.00000320. The molecule has 1 unspecified atom stereocenters. The Labute approximate surface area is 217 Å². The van der Waals surface area contributed by atoms with Crippen molar-refractivity contribution in [1.29, 1.82) is 0 Å². The van der Waals surface area contributed by atoms with E-state index in [0.717, 1.165) is 17.4 Å². The first-order valence-corrected chi connectivity index (χ1v) is 12.5. The predicted octanol–water partition coefficient (Wildman–Crippen LogP) is 5.22. The number of hydrogen-bond donors (Lipinski definition) is 1. The molecule has 2 fully saturated rings. The molecule has 3 aromatic rings. The smallest absolute Gasteiger partial charge is 0.228 e. The van der Waals surface area contributed by atoms with Crippen LogP contribution in [0.4, 0.5) is 14.6 Å². The van der Waals surface area contributed by atoms with Gasteiger partial charge in [-0.2, -0.15) is 0 Å². The van der Waals surface area contributed by atoms with Gasteiger partial charge in [0.25, 0.3) is 0 Å². The van der Waals surface area contributed by atoms with E-state index in [1.165, 1.54) is 12.1 Å². The first kappa shape index (κ1) is 26.7. The number of likely N-dealkylation sites (tertiary alicyclic amines) is 1. The average molecular weight is 508 g/mol. The summed E-state index contributed by atoms with van der Waals surface area (Å²) in [5.41, 5.74) is 0.147. The Morgan fingerprint density at radius 2 is 1.62 bits per heavy atom. The fourth-order valence-electron chi connectivity index (χ4n) is 6.09. The number of anilines is 1. The van der Waals surface area contributed by atoms with Gasteiger partial charge in [-0.1, -0.05) is 63.7 Å². The fraction of sp³-hybridized carbons (Fsp3) is 0.400. The van der Waals surface area contributed by atoms with E-state index in [2.05, 4.69) is 4.98 Å². The number of rotatable bonds is 4. The summed E-state index contributed by atoms with van der Waals surface area (Å²) in [4.78, 5) is 22.2. The number of amides is 1. The minimum absolute atomic E-state index is 0. The molecule has 0 aliphatic carbocycles. The second kappa shape index (κ2) is 10.6. The molecule has 5 nitrogen and oxygen atoms in total. The highest BCUT2D eigenvalue weighted by Crippen LogP contribution is 2.43. The molecular weight excluding hydrogens is 472 g/mol. The lowest BCUT2D eigenvalue weighted by molar-refractivity contribution is -0.152. The number of hydrogen-bond acceptors (Lipinski definition) is 4. The molecule has 1 aromatic heterocycles. The number of aliphatic hydroxyl groups is 1. The number of carbonyl (C=O) groups excluding carboxylic acids is 1. The second-order valence-electron chi connectivity index (χ2n) is 10.2. The van der Waals surface area contributed by atoms with Gasteiger partial charge in [0.1, 0.15) is 17.5 Å². The van der Waals surface area contributed by atoms with E-state index in [1.807, 2.05) is 72.2 Å². The molecule has 196 valence electrons. The number of nitrogens with zero attached hydrogens (tertiary/aromatic N) is 3. The Morgan fingerprint density at radius 1 is 0.946 bits per heavy atom. The maximum absolute atomic E-state index is 14.9. The number of halogens is 2. The lowest BCUT2D eigenvalue weighted by atomic mass is 9.70. The number of benzene rings is 2. The van der Waals surface area contributed by atoms with Crippen molar-refractivity contribution >= 4 is 11.7 Å². The van der Waals surface area contributed by atoms with Crippen LogP contribution >= 0.6 is 0 Å². The molecule has 5 rings (SSSR count). The summed E-state index contributed by atoms with van der Waals surface area (Å²) in [5.74, 6) is -1.98. The Kier molecular flexibility index (Phi) is 7.64. The van der Waals surface area contributed by atoms with Gasteiger partial charge >= 0.3 is 0 Å². The zero-order valence-electron chi connectivity index (χ0n) is 20.5. The van der Waals surface area contributed by atoms with E-state index < -0.39 is 29.1 Å². The van der Waals surface area contributed by atoms with Gasteiger partial charge in [0.15, 0.2) is 0 Å². The quantitative estimate of drug-likeness (QED) is 0.526. The summed E-state index contributed by atoms with van der Waals surface area (Å²) in [6.45, 7) is 5.52. The highest BCUT2D eigenvalue weighted by molar-refractivity contribution is 5.82. The summed E-state index contributed by atoms with van der Waals surface area (Å²) >= 11 is 0. The first-order valence-electron chi connectivity index (χ1n) is 12.5. The van der Waals surface area contributed by atoms with E-state index in [9.17, 15) is 18.7 Å². The molecule has 2 saturated heterocycles. The largest absolute Gasteiger partial charge is 0.384 e. The van der Waals surface area contributed by atoms with Gasteiger partial charge < -0.3 is 14.9 Å². The van der Waals surface area contributed by atoms with Gasteiger partial charge in [-0.15, -0.1) is 0 Å². The minimum atomic E-state index is -1.05. The van der Waals surface area contributed by atoms with Crippen molar-refractivity contribution in [3.63, 3.8) is 0 Å². The molecule has 3 heterocycles. The lowest BCUT2D eigenvalue weighted by Gasteiger charge is -2.48. The third-order valence-electron chi connectivity index (χ3n) is 8.01. The Bertz CT molecular complexity index is 1210. The van der Waals surface area contributed by atoms with Crippen LogP contribution in [0.1, 0.15) is 38.3 Å². The Morgan fingerprint density at radius 3 is 2.24 bits per heavy atom. The molecule has 0 spiro atoms. The molecule has 1 amide bonds. The molecule has 0 radical (unpaired) electrons. The maximum Gasteiger partial charge on any atom is 0.228 e. The summed E-state index contributed by atoms with van der Waals surface area (Å²) in [7, 11) is 0. The molecule has 7 heteroatoms. The van der Waals surface area contributed by atoms with Gasteiger partial charge in [0.2, 0.25) is 5.91 Å². The Hall–Kier alpha value is -3.32. The van der Waals surface area contributed by atoms with Crippen LogP contribution in [0.25, 0.3) is 0 Å². The predicted molar refractivity (Wildman–Crippen MR) is 141 cm³/mol. The van der Waals surface area contributed by atoms with E-state index in [4.69, 9.17) is 0 Å². The first-order chi connectivity index (χ1) is 17.3. The highest BCUT2D eigenvalue weighted by atomic mass is 19.1. The van der Waals surface area contributed by atoms with Crippen LogP contribution < -0.4 is 4.90 Å². The third kappa shape index (κ3) is 4.85. The fourth-order valence-corrected chi connectivity index (χ4v) is 6.09. The molecule has 37 heavy (non-hydrogen) atoms. The zero-order valence-corrected chi connectivity index (χ0v) is 20.5. The molecule has 2 aromatic carbocycles. The van der Waals surface area contributed by atoms with Gasteiger partial charge in [-0.25, -0.2) is 13.8 Å². The van der Waals surface area contributed by atoms with Crippen LogP contribution in [0.2, 0.25) is 0 Å². The number of carbonyl (C=O) groups is 1. The van der Waals surface area contributed by atoms with E-state index in [-0.39, 0.29) is 25.2 Å². The van der Waals surface area contributed by atoms with E-state index in [0.29, 0.717) is 31.7 Å². The summed E-state index contributed by atoms with van der Waals surface area (Å²) in [5, 5.41) is 11.7. The normalized spacial score (nSPS) is 27.6. The van der Waals surface area contributed by atoms with Crippen molar-refractivity contribution < 1.29 is 18.7 Å². The van der Waals surface area contributed by atoms with Crippen LogP contribution in [0.5, 0.6) is 0 Å². The third-order valence-corrected chi connectivity index (χ3v) is 8.01. The van der Waals surface area contributed by atoms with E-state index >= 15 is 0 Å². The van der Waals surface area contributed by atoms with Crippen LogP contribution in [0.3, 0.4) is 0 Å². The van der Waals surface area contributed by atoms with E-state index in [1.54, 1.807) is 6.20 Å². The van der Waals surface area contributed by atoms with Crippen LogP contribution in [-0.4, -0.2) is 47.1 Å². The molecule has 5 atom stereocenters. The van der Waals surface area contributed by atoms with Crippen molar-refractivity contribution in [1.82, 2.24) is 9.88 Å². The number of pyridine rings is 1. The summed E-state index contributed by atoms with van der Waals surface area (Å²) < 4.78 is 28.6. The van der Waals surface area contributed by atoms with Crippen molar-refractivity contribution in [2.24, 2.45) is 17.8 Å². The van der Waals surface area contributed by atoms with Crippen LogP contribution in [0.15, 0.2) is 72.9 Å². The number of piperidine rings is 1. The van der Waals surface area contributed by atoms with Gasteiger partial charge in [0.05, 0.1) is 11.5 Å². The lowest BCUT2D eigenvalue weighted by Crippen LogP contribution is -2.57. The standard InChI is InChI=1S/C29H31F2N3O2.CH4/c1-19-15-34(16-20(2)29(19,36)21-8-4-3-5-9-21)28(35)25-18-33(27-10-6-7-13-32-27)17-24(25)23-12-11-22(30)14-26(23)31;/h3-14,19-20,24-25,36H,15-18H2,1-2H3;1H4/t19-,20+,24-,25+,29?;/m0./s1. The highest BCUT2D eigenvalue weighted by Gasteiger charge is 2.49. The molecule has 0 bridgehead atoms. The van der Waals surface area contributed by atoms with Crippen molar-refractivity contribution in [3.05, 3.63) is 95.7 Å². The summed E-state index contributed by atoms with van der Waals surface area (Å²) in [6, 6.07) is 18.8.